The monoisotopic (exact) mass is 432 g/mol. The molecule has 13 heteroatoms. The highest BCUT2D eigenvalue weighted by atomic mass is 15.5. The molecule has 12 nitrogen and oxygen atoms in total. The predicted octanol–water partition coefficient (Wildman–Crippen LogP) is -4.38. The van der Waals surface area contributed by atoms with E-state index < -0.39 is 0 Å². The van der Waals surface area contributed by atoms with Gasteiger partial charge in [-0.15, -0.1) is 0 Å². The first-order valence-electron chi connectivity index (χ1n) is 10.7. The van der Waals surface area contributed by atoms with Crippen LogP contribution in [0.1, 0.15) is 20.8 Å². The molecule has 0 saturated heterocycles. The second-order valence-corrected chi connectivity index (χ2v) is 9.79. The van der Waals surface area contributed by atoms with Crippen LogP contribution in [0.2, 0.25) is 5.31 Å². The maximum Gasteiger partial charge on any atom is 0.112 e. The lowest BCUT2D eigenvalue weighted by atomic mass is 9.70. The zero-order valence-corrected chi connectivity index (χ0v) is 19.8. The fourth-order valence-corrected chi connectivity index (χ4v) is 2.75. The van der Waals surface area contributed by atoms with Crippen LogP contribution >= 0.6 is 0 Å². The summed E-state index contributed by atoms with van der Waals surface area (Å²) in [5, 5.41) is 8.66. The SMILES string of the molecule is BC(C)(CN)CN(N)CCN(N)CCN(N)CCN(N)CCN(N)CC(C)(C)CN. The van der Waals surface area contributed by atoms with Crippen LogP contribution in [0.25, 0.3) is 0 Å². The van der Waals surface area contributed by atoms with Gasteiger partial charge in [0.1, 0.15) is 7.85 Å². The molecule has 1 atom stereocenters. The van der Waals surface area contributed by atoms with E-state index in [0.29, 0.717) is 65.4 Å². The van der Waals surface area contributed by atoms with Gasteiger partial charge < -0.3 is 11.5 Å². The second-order valence-electron chi connectivity index (χ2n) is 9.79. The molecule has 0 aromatic rings. The van der Waals surface area contributed by atoms with E-state index >= 15 is 0 Å². The van der Waals surface area contributed by atoms with Gasteiger partial charge in [-0.2, -0.15) is 0 Å². The number of hydrazine groups is 5. The van der Waals surface area contributed by atoms with Gasteiger partial charge in [0.25, 0.3) is 0 Å². The number of hydrogen-bond donors (Lipinski definition) is 7. The third-order valence-corrected chi connectivity index (χ3v) is 5.07. The molecule has 14 N–H and O–H groups in total. The van der Waals surface area contributed by atoms with E-state index in [9.17, 15) is 0 Å². The summed E-state index contributed by atoms with van der Waals surface area (Å²) in [6.07, 6.45) is 0. The van der Waals surface area contributed by atoms with Crippen LogP contribution < -0.4 is 40.7 Å². The summed E-state index contributed by atoms with van der Waals surface area (Å²) in [7, 11) is 2.09. The molecule has 0 saturated carbocycles. The molecule has 0 aromatic carbocycles. The average Bonchev–Trinajstić information content (AvgIpc) is 2.66. The Morgan fingerprint density at radius 1 is 0.533 bits per heavy atom. The molecule has 0 fully saturated rings. The molecule has 0 aliphatic rings. The molecule has 0 radical (unpaired) electrons. The topological polar surface area (TPSA) is 198 Å². The molecule has 1 unspecified atom stereocenters. The van der Waals surface area contributed by atoms with Crippen molar-refractivity contribution in [2.75, 3.05) is 78.5 Å². The Morgan fingerprint density at radius 3 is 1.13 bits per heavy atom. The molecule has 0 aliphatic heterocycles. The minimum Gasteiger partial charge on any atom is -0.331 e. The Bertz CT molecular complexity index is 401. The normalized spacial score (nSPS) is 15.2. The molecule has 0 bridgehead atoms. The third kappa shape index (κ3) is 15.4. The standard InChI is InChI=1S/C17H49BN12/c1-16(2,12-19)14-29(24)10-8-27(22)6-4-26(21)5-7-28(23)9-11-30(25)15-17(3,18)13-20/h4-15,18-25H2,1-3H3. The van der Waals surface area contributed by atoms with E-state index in [1.165, 1.54) is 0 Å². The van der Waals surface area contributed by atoms with Crippen molar-refractivity contribution >= 4 is 7.85 Å². The van der Waals surface area contributed by atoms with Crippen LogP contribution in [0.15, 0.2) is 0 Å². The van der Waals surface area contributed by atoms with Crippen LogP contribution in [0.4, 0.5) is 0 Å². The van der Waals surface area contributed by atoms with Crippen molar-refractivity contribution in [2.24, 2.45) is 46.1 Å². The van der Waals surface area contributed by atoms with Crippen molar-refractivity contribution in [3.05, 3.63) is 0 Å². The van der Waals surface area contributed by atoms with Crippen molar-refractivity contribution in [1.82, 2.24) is 25.0 Å². The number of hydrogen-bond acceptors (Lipinski definition) is 12. The van der Waals surface area contributed by atoms with Crippen LogP contribution in [-0.2, 0) is 0 Å². The molecule has 0 rings (SSSR count). The lowest BCUT2D eigenvalue weighted by molar-refractivity contribution is 0.140. The predicted molar refractivity (Wildman–Crippen MR) is 128 cm³/mol. The van der Waals surface area contributed by atoms with Gasteiger partial charge in [-0.25, -0.2) is 25.0 Å². The van der Waals surface area contributed by atoms with Gasteiger partial charge in [-0.1, -0.05) is 20.8 Å². The Balaban J connectivity index is 3.93. The van der Waals surface area contributed by atoms with E-state index in [2.05, 4.69) is 28.6 Å². The summed E-state index contributed by atoms with van der Waals surface area (Å²) in [6, 6.07) is 0. The number of rotatable bonds is 18. The fraction of sp³-hybridized carbons (Fsp3) is 1.00. The highest BCUT2D eigenvalue weighted by Crippen LogP contribution is 2.17. The van der Waals surface area contributed by atoms with E-state index in [0.717, 1.165) is 13.1 Å². The molecule has 0 aromatic heterocycles. The minimum absolute atomic E-state index is 0.0160. The molecular formula is C17H49BN12. The quantitative estimate of drug-likeness (QED) is 0.0624. The lowest BCUT2D eigenvalue weighted by Crippen LogP contribution is -2.50. The Kier molecular flexibility index (Phi) is 14.4. The summed E-state index contributed by atoms with van der Waals surface area (Å²) in [4.78, 5) is 0. The molecule has 0 spiro atoms. The van der Waals surface area contributed by atoms with Crippen LogP contribution in [0, 0.1) is 5.41 Å². The number of nitrogens with two attached hydrogens (primary N) is 7. The summed E-state index contributed by atoms with van der Waals surface area (Å²) in [5.74, 6) is 30.2. The number of nitrogens with zero attached hydrogens (tertiary/aromatic N) is 5. The van der Waals surface area contributed by atoms with Crippen LogP contribution in [0.3, 0.4) is 0 Å². The Hall–Kier alpha value is -0.415. The van der Waals surface area contributed by atoms with Gasteiger partial charge in [-0.3, -0.25) is 29.2 Å². The third-order valence-electron chi connectivity index (χ3n) is 5.07. The fourth-order valence-electron chi connectivity index (χ4n) is 2.75. The smallest absolute Gasteiger partial charge is 0.112 e. The van der Waals surface area contributed by atoms with E-state index in [-0.39, 0.29) is 10.7 Å². The van der Waals surface area contributed by atoms with Gasteiger partial charge in [0, 0.05) is 65.4 Å². The largest absolute Gasteiger partial charge is 0.331 e. The van der Waals surface area contributed by atoms with E-state index in [4.69, 9.17) is 40.7 Å². The first-order chi connectivity index (χ1) is 13.8. The minimum atomic E-state index is -0.0160. The molecule has 0 heterocycles. The molecule has 0 amide bonds. The molecule has 30 heavy (non-hydrogen) atoms. The Morgan fingerprint density at radius 2 is 0.833 bits per heavy atom. The van der Waals surface area contributed by atoms with Gasteiger partial charge in [-0.05, 0) is 23.8 Å². The zero-order chi connectivity index (χ0) is 23.4. The van der Waals surface area contributed by atoms with Crippen molar-refractivity contribution in [2.45, 2.75) is 26.1 Å². The maximum absolute atomic E-state index is 6.06. The molecule has 180 valence electrons. The van der Waals surface area contributed by atoms with Crippen molar-refractivity contribution in [3.63, 3.8) is 0 Å². The van der Waals surface area contributed by atoms with Crippen molar-refractivity contribution in [1.29, 1.82) is 0 Å². The highest BCUT2D eigenvalue weighted by Gasteiger charge is 2.19. The maximum atomic E-state index is 6.06. The van der Waals surface area contributed by atoms with Gasteiger partial charge in [0.2, 0.25) is 0 Å². The van der Waals surface area contributed by atoms with Crippen molar-refractivity contribution in [3.8, 4) is 0 Å². The lowest BCUT2D eigenvalue weighted by Gasteiger charge is -2.30. The molecular weight excluding hydrogens is 383 g/mol. The zero-order valence-electron chi connectivity index (χ0n) is 19.8. The van der Waals surface area contributed by atoms with Crippen LogP contribution in [0.5, 0.6) is 0 Å². The summed E-state index contributed by atoms with van der Waals surface area (Å²) >= 11 is 0. The average molecular weight is 432 g/mol. The van der Waals surface area contributed by atoms with E-state index in [1.807, 2.05) is 0 Å². The van der Waals surface area contributed by atoms with Crippen LogP contribution in [-0.4, -0.2) is 111 Å². The van der Waals surface area contributed by atoms with E-state index in [1.54, 1.807) is 25.0 Å². The van der Waals surface area contributed by atoms with Crippen molar-refractivity contribution < 1.29 is 0 Å². The van der Waals surface area contributed by atoms with Gasteiger partial charge in [0.05, 0.1) is 0 Å². The highest BCUT2D eigenvalue weighted by molar-refractivity contribution is 6.15. The summed E-state index contributed by atoms with van der Waals surface area (Å²) < 4.78 is 0. The summed E-state index contributed by atoms with van der Waals surface area (Å²) in [6.45, 7) is 14.1. The first kappa shape index (κ1) is 29.6. The molecule has 0 aliphatic carbocycles. The Labute approximate surface area is 184 Å². The van der Waals surface area contributed by atoms with Gasteiger partial charge >= 0.3 is 0 Å². The van der Waals surface area contributed by atoms with Gasteiger partial charge in [0.15, 0.2) is 0 Å². The first-order valence-corrected chi connectivity index (χ1v) is 10.7. The summed E-state index contributed by atoms with van der Waals surface area (Å²) in [5.41, 5.74) is 11.5. The second kappa shape index (κ2) is 14.6.